The molecular weight excluding hydrogens is 246 g/mol. The topological polar surface area (TPSA) is 64.6 Å². The second-order valence-corrected chi connectivity index (χ2v) is 6.17. The number of nitrogens with one attached hydrogen (secondary N) is 1. The van der Waals surface area contributed by atoms with Crippen molar-refractivity contribution >= 4 is 12.1 Å². The first kappa shape index (κ1) is 13.9. The molecule has 1 fully saturated rings. The summed E-state index contributed by atoms with van der Waals surface area (Å²) in [5, 5.41) is 2.82. The van der Waals surface area contributed by atoms with Gasteiger partial charge in [0, 0.05) is 0 Å². The van der Waals surface area contributed by atoms with E-state index in [2.05, 4.69) is 11.4 Å². The van der Waals surface area contributed by atoms with Crippen LogP contribution in [0.15, 0.2) is 12.2 Å². The van der Waals surface area contributed by atoms with Crippen LogP contribution in [0.25, 0.3) is 0 Å². The number of fused-ring (bicyclic) bond motifs is 2. The highest BCUT2D eigenvalue weighted by Gasteiger charge is 2.49. The number of carbonyl (C=O) groups is 2. The van der Waals surface area contributed by atoms with Gasteiger partial charge in [-0.05, 0) is 39.0 Å². The Balaban J connectivity index is 2.04. The molecule has 2 rings (SSSR count). The van der Waals surface area contributed by atoms with Crippen LogP contribution in [0.5, 0.6) is 0 Å². The molecular formula is C14H21NO4. The van der Waals surface area contributed by atoms with E-state index in [1.165, 1.54) is 7.11 Å². The molecule has 1 saturated carbocycles. The Labute approximate surface area is 113 Å². The van der Waals surface area contributed by atoms with E-state index in [9.17, 15) is 9.59 Å². The van der Waals surface area contributed by atoms with Crippen LogP contribution in [-0.2, 0) is 14.3 Å². The lowest BCUT2D eigenvalue weighted by Crippen LogP contribution is -2.47. The summed E-state index contributed by atoms with van der Waals surface area (Å²) in [4.78, 5) is 23.7. The number of methoxy groups -OCH3 is 1. The van der Waals surface area contributed by atoms with Gasteiger partial charge in [-0.15, -0.1) is 0 Å². The Hall–Kier alpha value is -1.52. The summed E-state index contributed by atoms with van der Waals surface area (Å²) in [6, 6.07) is -0.225. The fourth-order valence-corrected chi connectivity index (χ4v) is 2.92. The van der Waals surface area contributed by atoms with Gasteiger partial charge in [0.2, 0.25) is 0 Å². The Morgan fingerprint density at radius 3 is 2.42 bits per heavy atom. The smallest absolute Gasteiger partial charge is 0.407 e. The molecule has 0 aliphatic heterocycles. The number of carbonyl (C=O) groups excluding carboxylic acids is 2. The van der Waals surface area contributed by atoms with E-state index in [0.717, 1.165) is 6.42 Å². The van der Waals surface area contributed by atoms with E-state index in [0.29, 0.717) is 0 Å². The van der Waals surface area contributed by atoms with Crippen LogP contribution in [-0.4, -0.2) is 30.8 Å². The predicted molar refractivity (Wildman–Crippen MR) is 69.4 cm³/mol. The normalized spacial score (nSPS) is 32.2. The van der Waals surface area contributed by atoms with Gasteiger partial charge >= 0.3 is 12.1 Å². The molecule has 4 atom stereocenters. The minimum Gasteiger partial charge on any atom is -0.469 e. The van der Waals surface area contributed by atoms with Crippen molar-refractivity contribution in [3.05, 3.63) is 12.2 Å². The lowest BCUT2D eigenvalue weighted by Gasteiger charge is -2.28. The van der Waals surface area contributed by atoms with Crippen LogP contribution in [0.1, 0.15) is 27.2 Å². The lowest BCUT2D eigenvalue weighted by atomic mass is 9.89. The van der Waals surface area contributed by atoms with Crippen molar-refractivity contribution in [2.75, 3.05) is 7.11 Å². The average molecular weight is 267 g/mol. The molecule has 0 aromatic carbocycles. The fraction of sp³-hybridized carbons (Fsp3) is 0.714. The second-order valence-electron chi connectivity index (χ2n) is 6.17. The number of allylic oxidation sites excluding steroid dienone is 1. The molecule has 0 spiro atoms. The first-order valence-electron chi connectivity index (χ1n) is 6.57. The number of hydrogen-bond acceptors (Lipinski definition) is 4. The van der Waals surface area contributed by atoms with Crippen LogP contribution >= 0.6 is 0 Å². The maximum Gasteiger partial charge on any atom is 0.407 e. The summed E-state index contributed by atoms with van der Waals surface area (Å²) >= 11 is 0. The number of alkyl carbamates (subject to hydrolysis) is 1. The Morgan fingerprint density at radius 2 is 1.84 bits per heavy atom. The van der Waals surface area contributed by atoms with Crippen molar-refractivity contribution in [2.24, 2.45) is 17.8 Å². The van der Waals surface area contributed by atoms with Gasteiger partial charge in [0.25, 0.3) is 0 Å². The van der Waals surface area contributed by atoms with E-state index in [-0.39, 0.29) is 29.8 Å². The van der Waals surface area contributed by atoms with Crippen LogP contribution in [0.2, 0.25) is 0 Å². The first-order chi connectivity index (χ1) is 8.81. The van der Waals surface area contributed by atoms with Gasteiger partial charge < -0.3 is 14.8 Å². The number of hydrogen-bond donors (Lipinski definition) is 1. The summed E-state index contributed by atoms with van der Waals surface area (Å²) < 4.78 is 10.1. The molecule has 2 bridgehead atoms. The molecule has 0 aromatic heterocycles. The van der Waals surface area contributed by atoms with Crippen molar-refractivity contribution in [2.45, 2.75) is 38.8 Å². The molecule has 0 radical (unpaired) electrons. The summed E-state index contributed by atoms with van der Waals surface area (Å²) in [6.45, 7) is 5.43. The maximum atomic E-state index is 11.8. The standard InChI is InChI=1S/C14H21NO4/c1-14(2,3)19-13(17)15-11-9-6-5-8(7-9)10(11)12(16)18-4/h5-6,8-11H,7H2,1-4H3,(H,15,17)/t8-,9+,10-,11-/m1/s1. The van der Waals surface area contributed by atoms with E-state index >= 15 is 0 Å². The second kappa shape index (κ2) is 4.87. The van der Waals surface area contributed by atoms with Crippen molar-refractivity contribution in [1.82, 2.24) is 5.32 Å². The highest BCUT2D eigenvalue weighted by molar-refractivity contribution is 5.77. The molecule has 0 heterocycles. The summed E-state index contributed by atoms with van der Waals surface area (Å²) in [7, 11) is 1.38. The van der Waals surface area contributed by atoms with E-state index < -0.39 is 11.7 Å². The highest BCUT2D eigenvalue weighted by Crippen LogP contribution is 2.44. The number of esters is 1. The Kier molecular flexibility index (Phi) is 3.56. The zero-order valence-electron chi connectivity index (χ0n) is 11.8. The maximum absolute atomic E-state index is 11.8. The van der Waals surface area contributed by atoms with Gasteiger partial charge in [0.05, 0.1) is 19.1 Å². The Bertz CT molecular complexity index is 410. The zero-order chi connectivity index (χ0) is 14.2. The number of ether oxygens (including phenoxy) is 2. The molecule has 2 aliphatic rings. The molecule has 106 valence electrons. The third kappa shape index (κ3) is 2.91. The van der Waals surface area contributed by atoms with Crippen LogP contribution in [0.4, 0.5) is 4.79 Å². The molecule has 5 nitrogen and oxygen atoms in total. The zero-order valence-corrected chi connectivity index (χ0v) is 11.8. The Morgan fingerprint density at radius 1 is 1.21 bits per heavy atom. The molecule has 2 aliphatic carbocycles. The number of rotatable bonds is 2. The van der Waals surface area contributed by atoms with Gasteiger partial charge in [-0.25, -0.2) is 4.79 Å². The lowest BCUT2D eigenvalue weighted by molar-refractivity contribution is -0.147. The molecule has 1 N–H and O–H groups in total. The highest BCUT2D eigenvalue weighted by atomic mass is 16.6. The van der Waals surface area contributed by atoms with Crippen molar-refractivity contribution in [1.29, 1.82) is 0 Å². The SMILES string of the molecule is COC(=O)[C@H]1[C@H](NC(=O)OC(C)(C)C)[C@H]2C=C[C@@H]1C2. The fourth-order valence-electron chi connectivity index (χ4n) is 2.92. The summed E-state index contributed by atoms with van der Waals surface area (Å²) in [6.07, 6.45) is 4.51. The van der Waals surface area contributed by atoms with Gasteiger partial charge in [-0.2, -0.15) is 0 Å². The molecule has 0 unspecified atom stereocenters. The number of amides is 1. The minimum absolute atomic E-state index is 0.164. The average Bonchev–Trinajstić information content (AvgIpc) is 2.85. The van der Waals surface area contributed by atoms with Gasteiger partial charge in [-0.1, -0.05) is 12.2 Å². The summed E-state index contributed by atoms with van der Waals surface area (Å²) in [5.41, 5.74) is -0.543. The van der Waals surface area contributed by atoms with E-state index in [1.807, 2.05) is 26.8 Å². The molecule has 19 heavy (non-hydrogen) atoms. The van der Waals surface area contributed by atoms with E-state index in [4.69, 9.17) is 9.47 Å². The molecule has 1 amide bonds. The van der Waals surface area contributed by atoms with Crippen LogP contribution in [0.3, 0.4) is 0 Å². The summed E-state index contributed by atoms with van der Waals surface area (Å²) in [5.74, 6) is -0.204. The minimum atomic E-state index is -0.543. The van der Waals surface area contributed by atoms with Crippen LogP contribution < -0.4 is 5.32 Å². The quantitative estimate of drug-likeness (QED) is 0.613. The molecule has 0 aromatic rings. The predicted octanol–water partition coefficient (Wildman–Crippen LogP) is 1.87. The first-order valence-corrected chi connectivity index (χ1v) is 6.57. The third-order valence-electron chi connectivity index (χ3n) is 3.62. The molecule has 5 heteroatoms. The van der Waals surface area contributed by atoms with Crippen molar-refractivity contribution in [3.63, 3.8) is 0 Å². The monoisotopic (exact) mass is 267 g/mol. The molecule has 0 saturated heterocycles. The van der Waals surface area contributed by atoms with Crippen molar-refractivity contribution in [3.8, 4) is 0 Å². The largest absolute Gasteiger partial charge is 0.469 e. The van der Waals surface area contributed by atoms with Crippen LogP contribution in [0, 0.1) is 17.8 Å². The van der Waals surface area contributed by atoms with Crippen molar-refractivity contribution < 1.29 is 19.1 Å². The van der Waals surface area contributed by atoms with Gasteiger partial charge in [0.15, 0.2) is 0 Å². The van der Waals surface area contributed by atoms with Gasteiger partial charge in [-0.3, -0.25) is 4.79 Å². The third-order valence-corrected chi connectivity index (χ3v) is 3.62. The van der Waals surface area contributed by atoms with Gasteiger partial charge in [0.1, 0.15) is 5.60 Å². The van der Waals surface area contributed by atoms with E-state index in [1.54, 1.807) is 0 Å².